The summed E-state index contributed by atoms with van der Waals surface area (Å²) in [7, 11) is 0. The van der Waals surface area contributed by atoms with E-state index in [1.54, 1.807) is 0 Å². The molecule has 5 nitrogen and oxygen atoms in total. The molecule has 27 heavy (non-hydrogen) atoms. The highest BCUT2D eigenvalue weighted by atomic mass is 32.1. The van der Waals surface area contributed by atoms with Crippen molar-refractivity contribution in [2.45, 2.75) is 19.9 Å². The Bertz CT molecular complexity index is 738. The molecule has 3 rings (SSSR count). The van der Waals surface area contributed by atoms with Crippen LogP contribution < -0.4 is 5.32 Å². The van der Waals surface area contributed by atoms with Crippen LogP contribution in [0.3, 0.4) is 0 Å². The van der Waals surface area contributed by atoms with Crippen LogP contribution in [0.1, 0.15) is 35.1 Å². The fourth-order valence-corrected chi connectivity index (χ4v) is 4.23. The molecule has 0 bridgehead atoms. The van der Waals surface area contributed by atoms with E-state index in [0.717, 1.165) is 4.88 Å². The molecular weight excluding hydrogens is 358 g/mol. The van der Waals surface area contributed by atoms with Crippen molar-refractivity contribution in [2.75, 3.05) is 32.7 Å². The number of piperazine rings is 1. The lowest BCUT2D eigenvalue weighted by molar-refractivity contribution is -0.692. The zero-order valence-electron chi connectivity index (χ0n) is 16.0. The number of nitrogens with two attached hydrogens (primary N) is 1. The van der Waals surface area contributed by atoms with E-state index in [1.165, 1.54) is 16.9 Å². The average Bonchev–Trinajstić information content (AvgIpc) is 3.23. The van der Waals surface area contributed by atoms with Crippen molar-refractivity contribution >= 4 is 23.2 Å². The number of hydrogen-bond donors (Lipinski definition) is 1. The Morgan fingerprint density at radius 2 is 1.67 bits per heavy atom. The highest BCUT2D eigenvalue weighted by Crippen LogP contribution is 2.17. The highest BCUT2D eigenvalue weighted by molar-refractivity contribution is 7.12. The molecule has 144 valence electrons. The largest absolute Gasteiger partial charge is 0.334 e. The maximum atomic E-state index is 12.7. The monoisotopic (exact) mass is 386 g/mol. The minimum absolute atomic E-state index is 0.0765. The molecule has 1 aromatic heterocycles. The predicted molar refractivity (Wildman–Crippen MR) is 108 cm³/mol. The quantitative estimate of drug-likeness (QED) is 0.826. The molecule has 1 aliphatic rings. The van der Waals surface area contributed by atoms with E-state index in [0.29, 0.717) is 38.6 Å². The van der Waals surface area contributed by atoms with Gasteiger partial charge in [0.2, 0.25) is 0 Å². The second kappa shape index (κ2) is 9.15. The Kier molecular flexibility index (Phi) is 6.63. The van der Waals surface area contributed by atoms with Crippen LogP contribution in [0.2, 0.25) is 0 Å². The van der Waals surface area contributed by atoms with Crippen molar-refractivity contribution in [3.05, 3.63) is 58.3 Å². The van der Waals surface area contributed by atoms with Gasteiger partial charge in [0.15, 0.2) is 6.54 Å². The Morgan fingerprint density at radius 1 is 1.00 bits per heavy atom. The number of rotatable bonds is 6. The summed E-state index contributed by atoms with van der Waals surface area (Å²) in [6, 6.07) is 14.4. The summed E-state index contributed by atoms with van der Waals surface area (Å²) in [5.41, 5.74) is 1.26. The summed E-state index contributed by atoms with van der Waals surface area (Å²) < 4.78 is 0. The molecule has 1 atom stereocenters. The van der Waals surface area contributed by atoms with Gasteiger partial charge in [-0.25, -0.2) is 0 Å². The summed E-state index contributed by atoms with van der Waals surface area (Å²) >= 11 is 1.47. The molecule has 0 aliphatic carbocycles. The van der Waals surface area contributed by atoms with Gasteiger partial charge in [0.05, 0.1) is 4.88 Å². The average molecular weight is 387 g/mol. The molecule has 1 aliphatic heterocycles. The number of quaternary nitrogens is 1. The number of nitrogens with zero attached hydrogens (tertiary/aromatic N) is 2. The van der Waals surface area contributed by atoms with Crippen LogP contribution in [-0.2, 0) is 4.79 Å². The van der Waals surface area contributed by atoms with Crippen LogP contribution in [0.5, 0.6) is 0 Å². The summed E-state index contributed by atoms with van der Waals surface area (Å²) in [6.45, 7) is 7.25. The minimum Gasteiger partial charge on any atom is -0.334 e. The molecule has 1 fully saturated rings. The molecule has 0 saturated carbocycles. The van der Waals surface area contributed by atoms with Crippen molar-refractivity contribution in [1.82, 2.24) is 9.80 Å². The van der Waals surface area contributed by atoms with E-state index in [2.05, 4.69) is 31.3 Å². The van der Waals surface area contributed by atoms with Crippen molar-refractivity contribution in [1.29, 1.82) is 0 Å². The SMILES string of the molecule is CC(C)[C@H]([NH2+]CC(=O)N1CCN(C(=O)c2cccs2)CC1)c1ccccc1. The van der Waals surface area contributed by atoms with Gasteiger partial charge in [0.1, 0.15) is 6.04 Å². The standard InChI is InChI=1S/C21H27N3O2S/c1-16(2)20(17-7-4-3-5-8-17)22-15-19(25)23-10-12-24(13-11-23)21(26)18-9-6-14-27-18/h3-9,14,16,20,22H,10-13,15H2,1-2H3/p+1/t20-/m0/s1. The smallest absolute Gasteiger partial charge is 0.277 e. The normalized spacial score (nSPS) is 15.8. The van der Waals surface area contributed by atoms with E-state index < -0.39 is 0 Å². The van der Waals surface area contributed by atoms with E-state index >= 15 is 0 Å². The first-order valence-corrected chi connectivity index (χ1v) is 10.4. The fraction of sp³-hybridized carbons (Fsp3) is 0.429. The number of amides is 2. The number of thiophene rings is 1. The maximum absolute atomic E-state index is 12.7. The summed E-state index contributed by atoms with van der Waals surface area (Å²) in [6.07, 6.45) is 0. The zero-order valence-corrected chi connectivity index (χ0v) is 16.8. The van der Waals surface area contributed by atoms with Crippen LogP contribution >= 0.6 is 11.3 Å². The van der Waals surface area contributed by atoms with Gasteiger partial charge in [-0.3, -0.25) is 9.59 Å². The van der Waals surface area contributed by atoms with Crippen LogP contribution in [-0.4, -0.2) is 54.3 Å². The molecule has 2 N–H and O–H groups in total. The van der Waals surface area contributed by atoms with E-state index in [1.807, 2.05) is 45.5 Å². The van der Waals surface area contributed by atoms with E-state index in [9.17, 15) is 9.59 Å². The van der Waals surface area contributed by atoms with Gasteiger partial charge in [-0.15, -0.1) is 11.3 Å². The molecule has 0 radical (unpaired) electrons. The first kappa shape index (κ1) is 19.6. The van der Waals surface area contributed by atoms with Gasteiger partial charge >= 0.3 is 0 Å². The van der Waals surface area contributed by atoms with Crippen LogP contribution in [0.4, 0.5) is 0 Å². The van der Waals surface area contributed by atoms with Gasteiger partial charge in [-0.1, -0.05) is 50.2 Å². The van der Waals surface area contributed by atoms with Gasteiger partial charge in [0, 0.05) is 37.7 Å². The molecule has 0 spiro atoms. The predicted octanol–water partition coefficient (Wildman–Crippen LogP) is 1.99. The Morgan fingerprint density at radius 3 is 2.26 bits per heavy atom. The third kappa shape index (κ3) is 4.96. The van der Waals surface area contributed by atoms with Gasteiger partial charge in [0.25, 0.3) is 11.8 Å². The van der Waals surface area contributed by atoms with Gasteiger partial charge < -0.3 is 15.1 Å². The minimum atomic E-state index is 0.0765. The first-order chi connectivity index (χ1) is 13.1. The lowest BCUT2D eigenvalue weighted by Gasteiger charge is -2.34. The Balaban J connectivity index is 1.50. The lowest BCUT2D eigenvalue weighted by Crippen LogP contribution is -2.88. The zero-order chi connectivity index (χ0) is 19.2. The van der Waals surface area contributed by atoms with Crippen molar-refractivity contribution in [3.63, 3.8) is 0 Å². The van der Waals surface area contributed by atoms with Crippen molar-refractivity contribution < 1.29 is 14.9 Å². The molecule has 1 saturated heterocycles. The number of carbonyl (C=O) groups excluding carboxylic acids is 2. The number of hydrogen-bond acceptors (Lipinski definition) is 3. The summed E-state index contributed by atoms with van der Waals surface area (Å²) in [5.74, 6) is 0.674. The van der Waals surface area contributed by atoms with E-state index in [-0.39, 0.29) is 17.9 Å². The summed E-state index contributed by atoms with van der Waals surface area (Å²) in [4.78, 5) is 29.6. The van der Waals surface area contributed by atoms with Crippen molar-refractivity contribution in [2.24, 2.45) is 5.92 Å². The summed E-state index contributed by atoms with van der Waals surface area (Å²) in [5, 5.41) is 4.06. The van der Waals surface area contributed by atoms with Gasteiger partial charge in [-0.2, -0.15) is 0 Å². The topological polar surface area (TPSA) is 57.2 Å². The number of benzene rings is 1. The second-order valence-corrected chi connectivity index (χ2v) is 8.22. The third-order valence-corrected chi connectivity index (χ3v) is 5.96. The molecule has 2 amide bonds. The molecular formula is C21H28N3O2S+. The Labute approximate surface area is 165 Å². The third-order valence-electron chi connectivity index (χ3n) is 5.10. The lowest BCUT2D eigenvalue weighted by atomic mass is 9.96. The van der Waals surface area contributed by atoms with Crippen molar-refractivity contribution in [3.8, 4) is 0 Å². The van der Waals surface area contributed by atoms with E-state index in [4.69, 9.17) is 0 Å². The highest BCUT2D eigenvalue weighted by Gasteiger charge is 2.27. The molecule has 1 aromatic carbocycles. The van der Waals surface area contributed by atoms with Crippen LogP contribution in [0.25, 0.3) is 0 Å². The Hall–Kier alpha value is -2.18. The maximum Gasteiger partial charge on any atom is 0.277 e. The fourth-order valence-electron chi connectivity index (χ4n) is 3.54. The number of carbonyl (C=O) groups is 2. The first-order valence-electron chi connectivity index (χ1n) is 9.55. The van der Waals surface area contributed by atoms with Gasteiger partial charge in [-0.05, 0) is 11.4 Å². The molecule has 2 heterocycles. The second-order valence-electron chi connectivity index (χ2n) is 7.27. The molecule has 2 aromatic rings. The van der Waals surface area contributed by atoms with Crippen LogP contribution in [0, 0.1) is 5.92 Å². The molecule has 6 heteroatoms. The molecule has 0 unspecified atom stereocenters. The van der Waals surface area contributed by atoms with Crippen LogP contribution in [0.15, 0.2) is 47.8 Å².